The summed E-state index contributed by atoms with van der Waals surface area (Å²) in [6, 6.07) is 5.04. The molecule has 0 atom stereocenters. The minimum atomic E-state index is -0.661. The van der Waals surface area contributed by atoms with Gasteiger partial charge in [-0.3, -0.25) is 14.2 Å². The fraction of sp³-hybridized carbons (Fsp3) is 0.154. The Hall–Kier alpha value is -2.34. The molecule has 0 aliphatic carbocycles. The van der Waals surface area contributed by atoms with Crippen molar-refractivity contribution < 1.29 is 4.79 Å². The summed E-state index contributed by atoms with van der Waals surface area (Å²) < 4.78 is 0.833. The van der Waals surface area contributed by atoms with Crippen LogP contribution in [-0.4, -0.2) is 15.5 Å². The second-order valence-electron chi connectivity index (χ2n) is 4.29. The summed E-state index contributed by atoms with van der Waals surface area (Å²) in [6.07, 6.45) is 1.10. The van der Waals surface area contributed by atoms with Gasteiger partial charge in [0, 0.05) is 24.0 Å². The van der Waals surface area contributed by atoms with Crippen LogP contribution in [0.15, 0.2) is 34.0 Å². The monoisotopic (exact) mass is 293 g/mol. The van der Waals surface area contributed by atoms with Crippen molar-refractivity contribution in [3.8, 4) is 0 Å². The van der Waals surface area contributed by atoms with Crippen molar-refractivity contribution in [2.24, 2.45) is 7.05 Å². The molecule has 104 valence electrons. The molecule has 0 spiro atoms. The Morgan fingerprint density at radius 2 is 2.05 bits per heavy atom. The largest absolute Gasteiger partial charge is 0.328 e. The standard InChI is InChI=1S/C13H12ClN3O3/c1-7-3-4-8(14)5-10(7)16-11(18)9-6-15-13(20)17(2)12(9)19/h3-6H,1-2H3,(H,15,20)(H,16,18). The summed E-state index contributed by atoms with van der Waals surface area (Å²) >= 11 is 5.86. The van der Waals surface area contributed by atoms with Gasteiger partial charge in [-0.1, -0.05) is 17.7 Å². The molecule has 1 amide bonds. The van der Waals surface area contributed by atoms with E-state index < -0.39 is 17.2 Å². The third kappa shape index (κ3) is 2.65. The van der Waals surface area contributed by atoms with Crippen molar-refractivity contribution in [3.05, 3.63) is 61.4 Å². The molecule has 0 aliphatic rings. The number of H-pyrrole nitrogens is 1. The highest BCUT2D eigenvalue weighted by Crippen LogP contribution is 2.20. The highest BCUT2D eigenvalue weighted by atomic mass is 35.5. The average Bonchev–Trinajstić information content (AvgIpc) is 2.40. The van der Waals surface area contributed by atoms with E-state index >= 15 is 0 Å². The topological polar surface area (TPSA) is 84.0 Å². The molecular formula is C13H12ClN3O3. The molecule has 2 aromatic rings. The third-order valence-corrected chi connectivity index (χ3v) is 3.11. The van der Waals surface area contributed by atoms with Crippen LogP contribution in [0.5, 0.6) is 0 Å². The van der Waals surface area contributed by atoms with Crippen LogP contribution in [0, 0.1) is 6.92 Å². The number of aromatic nitrogens is 2. The van der Waals surface area contributed by atoms with Gasteiger partial charge in [0.25, 0.3) is 11.5 Å². The first-order chi connectivity index (χ1) is 9.40. The van der Waals surface area contributed by atoms with Crippen molar-refractivity contribution in [3.63, 3.8) is 0 Å². The van der Waals surface area contributed by atoms with Gasteiger partial charge >= 0.3 is 5.69 Å². The van der Waals surface area contributed by atoms with Crippen LogP contribution in [-0.2, 0) is 7.05 Å². The summed E-state index contributed by atoms with van der Waals surface area (Å²) in [5, 5.41) is 3.07. The summed E-state index contributed by atoms with van der Waals surface area (Å²) in [7, 11) is 1.29. The number of nitrogens with zero attached hydrogens (tertiary/aromatic N) is 1. The fourth-order valence-electron chi connectivity index (χ4n) is 1.65. The first-order valence-electron chi connectivity index (χ1n) is 5.76. The average molecular weight is 294 g/mol. The SMILES string of the molecule is Cc1ccc(Cl)cc1NC(=O)c1c[nH]c(=O)n(C)c1=O. The number of aromatic amines is 1. The zero-order chi connectivity index (χ0) is 14.9. The number of rotatable bonds is 2. The van der Waals surface area contributed by atoms with Crippen molar-refractivity contribution in [2.75, 3.05) is 5.32 Å². The molecule has 20 heavy (non-hydrogen) atoms. The number of benzene rings is 1. The summed E-state index contributed by atoms with van der Waals surface area (Å²) in [5.41, 5.74) is -0.0670. The molecule has 1 aromatic heterocycles. The molecule has 7 heteroatoms. The van der Waals surface area contributed by atoms with E-state index in [0.29, 0.717) is 10.7 Å². The lowest BCUT2D eigenvalue weighted by Gasteiger charge is -2.08. The minimum Gasteiger partial charge on any atom is -0.321 e. The lowest BCUT2D eigenvalue weighted by atomic mass is 10.2. The van der Waals surface area contributed by atoms with Crippen LogP contribution < -0.4 is 16.6 Å². The van der Waals surface area contributed by atoms with E-state index in [-0.39, 0.29) is 5.56 Å². The number of hydrogen-bond donors (Lipinski definition) is 2. The number of hydrogen-bond acceptors (Lipinski definition) is 3. The summed E-state index contributed by atoms with van der Waals surface area (Å²) in [5.74, 6) is -0.604. The Labute approximate surface area is 119 Å². The van der Waals surface area contributed by atoms with Crippen molar-refractivity contribution >= 4 is 23.2 Å². The van der Waals surface area contributed by atoms with Gasteiger partial charge in [0.05, 0.1) is 0 Å². The van der Waals surface area contributed by atoms with Gasteiger partial charge in [0.15, 0.2) is 0 Å². The Kier molecular flexibility index (Phi) is 3.76. The van der Waals surface area contributed by atoms with E-state index in [0.717, 1.165) is 16.3 Å². The molecular weight excluding hydrogens is 282 g/mol. The number of halogens is 1. The number of aryl methyl sites for hydroxylation is 1. The molecule has 0 aliphatic heterocycles. The molecule has 1 heterocycles. The van der Waals surface area contributed by atoms with E-state index in [2.05, 4.69) is 10.3 Å². The van der Waals surface area contributed by atoms with Crippen LogP contribution in [0.3, 0.4) is 0 Å². The molecule has 0 unspecified atom stereocenters. The van der Waals surface area contributed by atoms with Gasteiger partial charge in [-0.05, 0) is 24.6 Å². The quantitative estimate of drug-likeness (QED) is 0.875. The van der Waals surface area contributed by atoms with E-state index in [9.17, 15) is 14.4 Å². The first-order valence-corrected chi connectivity index (χ1v) is 6.14. The van der Waals surface area contributed by atoms with Crippen molar-refractivity contribution in [2.45, 2.75) is 6.92 Å². The first kappa shape index (κ1) is 14.1. The molecule has 0 bridgehead atoms. The maximum atomic E-state index is 12.1. The molecule has 0 saturated carbocycles. The van der Waals surface area contributed by atoms with Crippen molar-refractivity contribution in [1.29, 1.82) is 0 Å². The van der Waals surface area contributed by atoms with Gasteiger partial charge in [-0.15, -0.1) is 0 Å². The lowest BCUT2D eigenvalue weighted by Crippen LogP contribution is -2.37. The van der Waals surface area contributed by atoms with E-state index in [1.165, 1.54) is 7.05 Å². The van der Waals surface area contributed by atoms with Crippen LogP contribution in [0.1, 0.15) is 15.9 Å². The van der Waals surface area contributed by atoms with Crippen LogP contribution in [0.2, 0.25) is 5.02 Å². The number of nitrogens with one attached hydrogen (secondary N) is 2. The predicted molar refractivity (Wildman–Crippen MR) is 76.4 cm³/mol. The number of anilines is 1. The highest BCUT2D eigenvalue weighted by molar-refractivity contribution is 6.31. The Balaban J connectivity index is 2.38. The highest BCUT2D eigenvalue weighted by Gasteiger charge is 2.14. The Bertz CT molecular complexity index is 792. The summed E-state index contributed by atoms with van der Waals surface area (Å²) in [6.45, 7) is 1.80. The van der Waals surface area contributed by atoms with E-state index in [1.807, 2.05) is 0 Å². The summed E-state index contributed by atoms with van der Waals surface area (Å²) in [4.78, 5) is 37.5. The molecule has 2 rings (SSSR count). The second kappa shape index (κ2) is 5.34. The molecule has 1 aromatic carbocycles. The van der Waals surface area contributed by atoms with Crippen LogP contribution >= 0.6 is 11.6 Å². The Morgan fingerprint density at radius 3 is 2.75 bits per heavy atom. The molecule has 2 N–H and O–H groups in total. The predicted octanol–water partition coefficient (Wildman–Crippen LogP) is 1.29. The maximum absolute atomic E-state index is 12.1. The number of carbonyl (C=O) groups excluding carboxylic acids is 1. The Morgan fingerprint density at radius 1 is 1.35 bits per heavy atom. The van der Waals surface area contributed by atoms with Gasteiger partial charge < -0.3 is 10.3 Å². The normalized spacial score (nSPS) is 10.3. The molecule has 0 saturated heterocycles. The van der Waals surface area contributed by atoms with Gasteiger partial charge in [0.1, 0.15) is 5.56 Å². The second-order valence-corrected chi connectivity index (χ2v) is 4.72. The zero-order valence-corrected chi connectivity index (χ0v) is 11.6. The van der Waals surface area contributed by atoms with Crippen LogP contribution in [0.4, 0.5) is 5.69 Å². The number of amides is 1. The minimum absolute atomic E-state index is 0.147. The van der Waals surface area contributed by atoms with Crippen LogP contribution in [0.25, 0.3) is 0 Å². The van der Waals surface area contributed by atoms with E-state index in [1.54, 1.807) is 25.1 Å². The van der Waals surface area contributed by atoms with Gasteiger partial charge in [-0.25, -0.2) is 4.79 Å². The molecule has 0 fully saturated rings. The fourth-order valence-corrected chi connectivity index (χ4v) is 1.82. The van der Waals surface area contributed by atoms with E-state index in [4.69, 9.17) is 11.6 Å². The van der Waals surface area contributed by atoms with Gasteiger partial charge in [0.2, 0.25) is 0 Å². The maximum Gasteiger partial charge on any atom is 0.328 e. The zero-order valence-electron chi connectivity index (χ0n) is 10.9. The van der Waals surface area contributed by atoms with Gasteiger partial charge in [-0.2, -0.15) is 0 Å². The third-order valence-electron chi connectivity index (χ3n) is 2.87. The molecule has 0 radical (unpaired) electrons. The molecule has 6 nitrogen and oxygen atoms in total. The number of carbonyl (C=O) groups is 1. The van der Waals surface area contributed by atoms with Crippen molar-refractivity contribution in [1.82, 2.24) is 9.55 Å². The lowest BCUT2D eigenvalue weighted by molar-refractivity contribution is 0.102. The smallest absolute Gasteiger partial charge is 0.321 e.